The average Bonchev–Trinajstić information content (AvgIpc) is 2.79. The molecule has 0 fully saturated rings. The van der Waals surface area contributed by atoms with E-state index in [9.17, 15) is 23.4 Å². The quantitative estimate of drug-likeness (QED) is 0.361. The maximum atomic E-state index is 13.0. The molecule has 1 heterocycles. The van der Waals surface area contributed by atoms with E-state index in [2.05, 4.69) is 10.3 Å². The highest BCUT2D eigenvalue weighted by molar-refractivity contribution is 7.91. The van der Waals surface area contributed by atoms with Crippen LogP contribution in [0.4, 0.5) is 0 Å². The van der Waals surface area contributed by atoms with Gasteiger partial charge in [-0.1, -0.05) is 18.2 Å². The van der Waals surface area contributed by atoms with Crippen molar-refractivity contribution in [1.82, 2.24) is 10.3 Å². The molecule has 0 unspecified atom stereocenters. The van der Waals surface area contributed by atoms with Gasteiger partial charge >= 0.3 is 0 Å². The predicted molar refractivity (Wildman–Crippen MR) is 119 cm³/mol. The van der Waals surface area contributed by atoms with E-state index in [1.165, 1.54) is 25.1 Å². The smallest absolute Gasteiger partial charge is 0.252 e. The van der Waals surface area contributed by atoms with Gasteiger partial charge in [0.2, 0.25) is 9.84 Å². The molecule has 5 N–H and O–H groups in total. The fraction of sp³-hybridized carbons (Fsp3) is 0.217. The third-order valence-corrected chi connectivity index (χ3v) is 6.83. The molecule has 3 rings (SSSR count). The summed E-state index contributed by atoms with van der Waals surface area (Å²) in [5.74, 6) is -1.23. The Morgan fingerprint density at radius 1 is 1.16 bits per heavy atom. The fourth-order valence-electron chi connectivity index (χ4n) is 3.22. The van der Waals surface area contributed by atoms with Crippen LogP contribution >= 0.6 is 0 Å². The molecule has 0 saturated carbocycles. The number of hydrogen-bond acceptors (Lipinski definition) is 7. The largest absolute Gasteiger partial charge is 0.507 e. The number of primary amides is 1. The van der Waals surface area contributed by atoms with E-state index in [0.29, 0.717) is 19.5 Å². The second-order valence-electron chi connectivity index (χ2n) is 7.40. The summed E-state index contributed by atoms with van der Waals surface area (Å²) in [6, 6.07) is 12.4. The average molecular weight is 456 g/mol. The number of aliphatic hydroxyl groups excluding tert-OH is 1. The first-order chi connectivity index (χ1) is 15.2. The number of amides is 1. The molecule has 8 nitrogen and oxygen atoms in total. The summed E-state index contributed by atoms with van der Waals surface area (Å²) < 4.78 is 25.9. The van der Waals surface area contributed by atoms with Crippen molar-refractivity contribution in [3.8, 4) is 5.75 Å². The Morgan fingerprint density at radius 2 is 1.88 bits per heavy atom. The number of aromatic nitrogens is 1. The van der Waals surface area contributed by atoms with Gasteiger partial charge < -0.3 is 21.3 Å². The summed E-state index contributed by atoms with van der Waals surface area (Å²) in [5, 5.41) is 23.2. The van der Waals surface area contributed by atoms with Crippen molar-refractivity contribution >= 4 is 15.7 Å². The Morgan fingerprint density at radius 3 is 2.50 bits per heavy atom. The Kier molecular flexibility index (Phi) is 7.24. The van der Waals surface area contributed by atoms with Crippen LogP contribution in [0.2, 0.25) is 0 Å². The maximum Gasteiger partial charge on any atom is 0.252 e. The topological polar surface area (TPSA) is 143 Å². The number of rotatable bonds is 9. The number of aryl methyl sites for hydroxylation is 1. The van der Waals surface area contributed by atoms with Crippen molar-refractivity contribution in [3.05, 3.63) is 83.2 Å². The number of aliphatic hydroxyl groups is 1. The first kappa shape index (κ1) is 23.4. The second-order valence-corrected chi connectivity index (χ2v) is 9.35. The van der Waals surface area contributed by atoms with Crippen LogP contribution in [0.3, 0.4) is 0 Å². The number of sulfone groups is 1. The minimum Gasteiger partial charge on any atom is -0.507 e. The Hall–Kier alpha value is -3.27. The minimum absolute atomic E-state index is 0.0710. The van der Waals surface area contributed by atoms with Crippen molar-refractivity contribution in [3.63, 3.8) is 0 Å². The molecule has 0 aliphatic carbocycles. The van der Waals surface area contributed by atoms with Gasteiger partial charge in [0.25, 0.3) is 5.91 Å². The van der Waals surface area contributed by atoms with Crippen LogP contribution in [0.15, 0.2) is 70.7 Å². The number of hydrogen-bond donors (Lipinski definition) is 4. The molecule has 168 valence electrons. The summed E-state index contributed by atoms with van der Waals surface area (Å²) in [7, 11) is -3.89. The monoisotopic (exact) mass is 455 g/mol. The van der Waals surface area contributed by atoms with Crippen molar-refractivity contribution < 1.29 is 23.4 Å². The SMILES string of the molecule is Cc1cc(S(=O)(=O)c2ccc(CCNC[C@H](O)c3cccnc3)cc2)cc(C(N)=O)c1O. The van der Waals surface area contributed by atoms with Gasteiger partial charge in [-0.3, -0.25) is 9.78 Å². The molecule has 0 radical (unpaired) electrons. The van der Waals surface area contributed by atoms with Gasteiger partial charge in [0.05, 0.1) is 21.5 Å². The van der Waals surface area contributed by atoms with E-state index in [1.54, 1.807) is 36.7 Å². The molecular weight excluding hydrogens is 430 g/mol. The third-order valence-electron chi connectivity index (χ3n) is 5.08. The number of benzene rings is 2. The molecule has 3 aromatic rings. The molecule has 0 saturated heterocycles. The highest BCUT2D eigenvalue weighted by Crippen LogP contribution is 2.29. The molecule has 32 heavy (non-hydrogen) atoms. The van der Waals surface area contributed by atoms with E-state index in [0.717, 1.165) is 17.2 Å². The van der Waals surface area contributed by atoms with Gasteiger partial charge in [-0.25, -0.2) is 8.42 Å². The molecule has 2 aromatic carbocycles. The van der Waals surface area contributed by atoms with Crippen LogP contribution in [-0.2, 0) is 16.3 Å². The highest BCUT2D eigenvalue weighted by atomic mass is 32.2. The Bertz CT molecular complexity index is 1200. The van der Waals surface area contributed by atoms with Gasteiger partial charge in [0.15, 0.2) is 0 Å². The van der Waals surface area contributed by atoms with Gasteiger partial charge in [0, 0.05) is 24.5 Å². The number of nitrogens with one attached hydrogen (secondary N) is 1. The van der Waals surface area contributed by atoms with E-state index >= 15 is 0 Å². The lowest BCUT2D eigenvalue weighted by Gasteiger charge is -2.12. The number of nitrogens with two attached hydrogens (primary N) is 1. The van der Waals surface area contributed by atoms with Crippen molar-refractivity contribution in [1.29, 1.82) is 0 Å². The molecule has 0 aliphatic heterocycles. The van der Waals surface area contributed by atoms with Crippen LogP contribution in [0.5, 0.6) is 5.75 Å². The first-order valence-corrected chi connectivity index (χ1v) is 11.4. The molecule has 0 spiro atoms. The van der Waals surface area contributed by atoms with Crippen LogP contribution in [-0.4, -0.2) is 42.6 Å². The first-order valence-electron chi connectivity index (χ1n) is 9.96. The predicted octanol–water partition coefficient (Wildman–Crippen LogP) is 1.89. The third kappa shape index (κ3) is 5.31. The molecule has 0 aliphatic rings. The lowest BCUT2D eigenvalue weighted by molar-refractivity contribution is 0.0997. The summed E-state index contributed by atoms with van der Waals surface area (Å²) in [6.45, 7) is 2.48. The number of carbonyl (C=O) groups is 1. The maximum absolute atomic E-state index is 13.0. The van der Waals surface area contributed by atoms with Crippen LogP contribution in [0.25, 0.3) is 0 Å². The zero-order chi connectivity index (χ0) is 23.3. The number of carbonyl (C=O) groups excluding carboxylic acids is 1. The fourth-order valence-corrected chi connectivity index (χ4v) is 4.59. The van der Waals surface area contributed by atoms with E-state index < -0.39 is 21.8 Å². The molecule has 9 heteroatoms. The van der Waals surface area contributed by atoms with E-state index in [-0.39, 0.29) is 26.7 Å². The van der Waals surface area contributed by atoms with Crippen LogP contribution in [0.1, 0.15) is 33.2 Å². The summed E-state index contributed by atoms with van der Waals surface area (Å²) in [5.41, 5.74) is 6.91. The zero-order valence-electron chi connectivity index (χ0n) is 17.5. The molecule has 1 amide bonds. The van der Waals surface area contributed by atoms with Crippen molar-refractivity contribution in [2.24, 2.45) is 5.73 Å². The van der Waals surface area contributed by atoms with Crippen molar-refractivity contribution in [2.75, 3.05) is 13.1 Å². The van der Waals surface area contributed by atoms with Crippen LogP contribution < -0.4 is 11.1 Å². The number of pyridine rings is 1. The van der Waals surface area contributed by atoms with Gasteiger partial charge in [-0.15, -0.1) is 0 Å². The lowest BCUT2D eigenvalue weighted by Crippen LogP contribution is -2.23. The molecular formula is C23H25N3O5S. The molecule has 1 aromatic heterocycles. The number of nitrogens with zero attached hydrogens (tertiary/aromatic N) is 1. The summed E-state index contributed by atoms with van der Waals surface area (Å²) in [6.07, 6.45) is 3.25. The highest BCUT2D eigenvalue weighted by Gasteiger charge is 2.22. The van der Waals surface area contributed by atoms with Crippen molar-refractivity contribution in [2.45, 2.75) is 29.2 Å². The van der Waals surface area contributed by atoms with E-state index in [4.69, 9.17) is 5.73 Å². The standard InChI is InChI=1S/C23H25N3O5S/c1-15-11-19(12-20(22(15)28)23(24)29)32(30,31)18-6-4-16(5-7-18)8-10-26-14-21(27)17-3-2-9-25-13-17/h2-7,9,11-13,21,26-28H,8,10,14H2,1H3,(H2,24,29)/t21-/m0/s1. The summed E-state index contributed by atoms with van der Waals surface area (Å²) in [4.78, 5) is 15.5. The molecule has 1 atom stereocenters. The normalized spacial score (nSPS) is 12.4. The Labute approximate surface area is 186 Å². The van der Waals surface area contributed by atoms with E-state index in [1.807, 2.05) is 0 Å². The summed E-state index contributed by atoms with van der Waals surface area (Å²) >= 11 is 0. The lowest BCUT2D eigenvalue weighted by atomic mass is 10.1. The van der Waals surface area contributed by atoms with Crippen LogP contribution in [0, 0.1) is 6.92 Å². The second kappa shape index (κ2) is 9.90. The Balaban J connectivity index is 1.64. The van der Waals surface area contributed by atoms with Gasteiger partial charge in [-0.2, -0.15) is 0 Å². The molecule has 0 bridgehead atoms. The van der Waals surface area contributed by atoms with Gasteiger partial charge in [-0.05, 0) is 61.3 Å². The number of phenols is 1. The minimum atomic E-state index is -3.89. The number of aromatic hydroxyl groups is 1. The zero-order valence-corrected chi connectivity index (χ0v) is 18.3. The van der Waals surface area contributed by atoms with Gasteiger partial charge in [0.1, 0.15) is 5.75 Å².